The Hall–Kier alpha value is -3.51. The van der Waals surface area contributed by atoms with E-state index in [0.717, 1.165) is 27.9 Å². The molecule has 0 spiro atoms. The van der Waals surface area contributed by atoms with Gasteiger partial charge in [0, 0.05) is 25.4 Å². The quantitative estimate of drug-likeness (QED) is 0.331. The molecule has 4 aromatic rings. The van der Waals surface area contributed by atoms with Gasteiger partial charge < -0.3 is 4.90 Å². The highest BCUT2D eigenvalue weighted by Crippen LogP contribution is 2.37. The van der Waals surface area contributed by atoms with Crippen LogP contribution in [0.5, 0.6) is 0 Å². The van der Waals surface area contributed by atoms with Crippen LogP contribution in [0.4, 0.5) is 10.8 Å². The van der Waals surface area contributed by atoms with Crippen molar-refractivity contribution in [2.75, 3.05) is 18.0 Å². The topological polar surface area (TPSA) is 53.5 Å². The highest BCUT2D eigenvalue weighted by atomic mass is 32.1. The number of amides is 2. The number of aryl methyl sites for hydroxylation is 2. The zero-order chi connectivity index (χ0) is 24.2. The van der Waals surface area contributed by atoms with E-state index >= 15 is 0 Å². The second-order valence-electron chi connectivity index (χ2n) is 9.06. The number of aromatic nitrogens is 1. The minimum absolute atomic E-state index is 0.0646. The Kier molecular flexibility index (Phi) is 6.91. The molecule has 2 amide bonds. The molecule has 1 aromatic heterocycles. The van der Waals surface area contributed by atoms with Crippen LogP contribution in [-0.4, -0.2) is 34.8 Å². The summed E-state index contributed by atoms with van der Waals surface area (Å²) in [6.45, 7) is 3.26. The van der Waals surface area contributed by atoms with Crippen molar-refractivity contribution in [2.45, 2.75) is 32.6 Å². The van der Waals surface area contributed by atoms with Gasteiger partial charge in [0.05, 0.1) is 15.9 Å². The minimum Gasteiger partial charge on any atom is -0.343 e. The summed E-state index contributed by atoms with van der Waals surface area (Å²) in [5.74, 6) is 0.0937. The molecule has 2 heterocycles. The zero-order valence-corrected chi connectivity index (χ0v) is 20.7. The van der Waals surface area contributed by atoms with Crippen molar-refractivity contribution in [1.29, 1.82) is 0 Å². The molecule has 6 heteroatoms. The van der Waals surface area contributed by atoms with Gasteiger partial charge in [0.2, 0.25) is 11.8 Å². The standard InChI is InChI=1S/C29H29N3O2S/c1-21-9-5-7-13-25(21)32(29-30-24-12-6-8-14-26(24)35-29)28(34)23-17-19-31(20-18-23)27(33)16-15-22-10-3-2-4-11-22/h2-14,23H,15-20H2,1H3. The maximum absolute atomic E-state index is 13.9. The lowest BCUT2D eigenvalue weighted by molar-refractivity contribution is -0.134. The highest BCUT2D eigenvalue weighted by Gasteiger charge is 2.33. The third-order valence-electron chi connectivity index (χ3n) is 6.72. The summed E-state index contributed by atoms with van der Waals surface area (Å²) in [7, 11) is 0. The molecular formula is C29H29N3O2S. The van der Waals surface area contributed by atoms with Gasteiger partial charge in [0.1, 0.15) is 0 Å². The fourth-order valence-corrected chi connectivity index (χ4v) is 5.68. The summed E-state index contributed by atoms with van der Waals surface area (Å²) in [5, 5.41) is 0.701. The first-order chi connectivity index (χ1) is 17.1. The van der Waals surface area contributed by atoms with E-state index in [0.29, 0.717) is 37.5 Å². The second kappa shape index (κ2) is 10.4. The zero-order valence-electron chi connectivity index (χ0n) is 19.9. The first-order valence-electron chi connectivity index (χ1n) is 12.2. The van der Waals surface area contributed by atoms with Crippen LogP contribution < -0.4 is 4.90 Å². The number of carbonyl (C=O) groups excluding carboxylic acids is 2. The largest absolute Gasteiger partial charge is 0.343 e. The molecule has 1 aliphatic heterocycles. The molecular weight excluding hydrogens is 454 g/mol. The number of thiazole rings is 1. The molecule has 0 N–H and O–H groups in total. The molecule has 0 radical (unpaired) electrons. The summed E-state index contributed by atoms with van der Waals surface area (Å²) in [6, 6.07) is 26.0. The minimum atomic E-state index is -0.139. The number of anilines is 2. The molecule has 0 bridgehead atoms. The van der Waals surface area contributed by atoms with E-state index in [1.807, 2.05) is 78.6 Å². The van der Waals surface area contributed by atoms with Gasteiger partial charge in [-0.05, 0) is 55.5 Å². The van der Waals surface area contributed by atoms with Gasteiger partial charge >= 0.3 is 0 Å². The molecule has 5 nitrogen and oxygen atoms in total. The molecule has 0 aliphatic carbocycles. The average Bonchev–Trinajstić information content (AvgIpc) is 3.33. The lowest BCUT2D eigenvalue weighted by Gasteiger charge is -2.34. The first kappa shape index (κ1) is 23.2. The molecule has 35 heavy (non-hydrogen) atoms. The Morgan fingerprint density at radius 1 is 0.943 bits per heavy atom. The second-order valence-corrected chi connectivity index (χ2v) is 10.1. The normalized spacial score (nSPS) is 14.3. The monoisotopic (exact) mass is 483 g/mol. The van der Waals surface area contributed by atoms with Crippen LogP contribution in [0.25, 0.3) is 10.2 Å². The Labute approximate surface area is 210 Å². The number of hydrogen-bond acceptors (Lipinski definition) is 4. The van der Waals surface area contributed by atoms with Crippen molar-refractivity contribution in [2.24, 2.45) is 5.92 Å². The number of rotatable bonds is 6. The van der Waals surface area contributed by atoms with Gasteiger partial charge in [0.15, 0.2) is 5.13 Å². The highest BCUT2D eigenvalue weighted by molar-refractivity contribution is 7.22. The van der Waals surface area contributed by atoms with Crippen LogP contribution in [-0.2, 0) is 16.0 Å². The van der Waals surface area contributed by atoms with E-state index < -0.39 is 0 Å². The average molecular weight is 484 g/mol. The van der Waals surface area contributed by atoms with Crippen molar-refractivity contribution in [3.63, 3.8) is 0 Å². The van der Waals surface area contributed by atoms with Crippen molar-refractivity contribution < 1.29 is 9.59 Å². The molecule has 1 fully saturated rings. The smallest absolute Gasteiger partial charge is 0.236 e. The molecule has 178 valence electrons. The van der Waals surface area contributed by atoms with E-state index in [1.165, 1.54) is 5.56 Å². The number of benzene rings is 3. The third-order valence-corrected chi connectivity index (χ3v) is 7.74. The molecule has 0 unspecified atom stereocenters. The maximum Gasteiger partial charge on any atom is 0.236 e. The SMILES string of the molecule is Cc1ccccc1N(C(=O)C1CCN(C(=O)CCc2ccccc2)CC1)c1nc2ccccc2s1. The van der Waals surface area contributed by atoms with Crippen LogP contribution in [0, 0.1) is 12.8 Å². The lowest BCUT2D eigenvalue weighted by Crippen LogP contribution is -2.43. The Morgan fingerprint density at radius 3 is 2.37 bits per heavy atom. The fourth-order valence-electron chi connectivity index (χ4n) is 4.70. The van der Waals surface area contributed by atoms with Crippen molar-refractivity contribution in [1.82, 2.24) is 9.88 Å². The number of para-hydroxylation sites is 2. The summed E-state index contributed by atoms with van der Waals surface area (Å²) >= 11 is 1.54. The van der Waals surface area contributed by atoms with Crippen LogP contribution >= 0.6 is 11.3 Å². The van der Waals surface area contributed by atoms with E-state index in [1.54, 1.807) is 16.2 Å². The van der Waals surface area contributed by atoms with E-state index in [-0.39, 0.29) is 17.7 Å². The molecule has 0 atom stereocenters. The predicted molar refractivity (Wildman–Crippen MR) is 142 cm³/mol. The Balaban J connectivity index is 1.30. The van der Waals surface area contributed by atoms with Gasteiger partial charge in [-0.25, -0.2) is 4.98 Å². The van der Waals surface area contributed by atoms with E-state index in [2.05, 4.69) is 12.1 Å². The van der Waals surface area contributed by atoms with Crippen molar-refractivity contribution >= 4 is 44.2 Å². The van der Waals surface area contributed by atoms with Gasteiger partial charge in [-0.2, -0.15) is 0 Å². The number of piperidine rings is 1. The fraction of sp³-hybridized carbons (Fsp3) is 0.276. The molecule has 3 aromatic carbocycles. The summed E-state index contributed by atoms with van der Waals surface area (Å²) in [5.41, 5.74) is 3.99. The summed E-state index contributed by atoms with van der Waals surface area (Å²) in [6.07, 6.45) is 2.59. The van der Waals surface area contributed by atoms with Gasteiger partial charge in [0.25, 0.3) is 0 Å². The molecule has 0 saturated carbocycles. The number of nitrogens with zero attached hydrogens (tertiary/aromatic N) is 3. The maximum atomic E-state index is 13.9. The predicted octanol–water partition coefficient (Wildman–Crippen LogP) is 6.14. The van der Waals surface area contributed by atoms with Gasteiger partial charge in [-0.3, -0.25) is 14.5 Å². The first-order valence-corrected chi connectivity index (χ1v) is 13.0. The summed E-state index contributed by atoms with van der Waals surface area (Å²) in [4.78, 5) is 35.2. The molecule has 5 rings (SSSR count). The number of fused-ring (bicyclic) bond motifs is 1. The third kappa shape index (κ3) is 5.13. The number of carbonyl (C=O) groups is 2. The number of hydrogen-bond donors (Lipinski definition) is 0. The Morgan fingerprint density at radius 2 is 1.63 bits per heavy atom. The van der Waals surface area contributed by atoms with Crippen LogP contribution in [0.15, 0.2) is 78.9 Å². The molecule has 1 aliphatic rings. The number of likely N-dealkylation sites (tertiary alicyclic amines) is 1. The lowest BCUT2D eigenvalue weighted by atomic mass is 9.94. The van der Waals surface area contributed by atoms with Gasteiger partial charge in [-0.15, -0.1) is 0 Å². The van der Waals surface area contributed by atoms with Crippen LogP contribution in [0.3, 0.4) is 0 Å². The van der Waals surface area contributed by atoms with Crippen LogP contribution in [0.1, 0.15) is 30.4 Å². The van der Waals surface area contributed by atoms with Crippen LogP contribution in [0.2, 0.25) is 0 Å². The van der Waals surface area contributed by atoms with Gasteiger partial charge in [-0.1, -0.05) is 72.0 Å². The van der Waals surface area contributed by atoms with E-state index in [9.17, 15) is 9.59 Å². The van der Waals surface area contributed by atoms with Crippen molar-refractivity contribution in [3.05, 3.63) is 90.0 Å². The molecule has 1 saturated heterocycles. The van der Waals surface area contributed by atoms with E-state index in [4.69, 9.17) is 4.98 Å². The Bertz CT molecular complexity index is 1290. The van der Waals surface area contributed by atoms with Crippen molar-refractivity contribution in [3.8, 4) is 0 Å². The summed E-state index contributed by atoms with van der Waals surface area (Å²) < 4.78 is 1.06.